The topological polar surface area (TPSA) is 108 Å². The highest BCUT2D eigenvalue weighted by Crippen LogP contribution is 2.23. The van der Waals surface area contributed by atoms with E-state index in [1.54, 1.807) is 0 Å². The predicted molar refractivity (Wildman–Crippen MR) is 109 cm³/mol. The number of nitrogens with one attached hydrogen (secondary N) is 3. The number of hydrogen-bond acceptors (Lipinski definition) is 7. The quantitative estimate of drug-likeness (QED) is 0.150. The standard InChI is InChI=1S/C16H24BrFN6O2Si/c1-27(2,3)9-8-19-6-7-20-15-14(23-26-24-15)16(22-25)21-11-4-5-13(18)12(17)10-11/h4-5,10,19,25H,6-9H2,1-3H3,(H,20,24)(H,21,22). The Kier molecular flexibility index (Phi) is 7.89. The Bertz CT molecular complexity index is 781. The Morgan fingerprint density at radius 1 is 1.26 bits per heavy atom. The van der Waals surface area contributed by atoms with E-state index in [9.17, 15) is 9.60 Å². The fraction of sp³-hybridized carbons (Fsp3) is 0.438. The average molecular weight is 459 g/mol. The minimum atomic E-state index is -1.04. The molecule has 0 aliphatic carbocycles. The predicted octanol–water partition coefficient (Wildman–Crippen LogP) is 3.37. The van der Waals surface area contributed by atoms with E-state index in [1.165, 1.54) is 24.2 Å². The van der Waals surface area contributed by atoms with E-state index in [1.807, 2.05) is 5.48 Å². The minimum Gasteiger partial charge on any atom is -0.364 e. The number of amidine groups is 1. The van der Waals surface area contributed by atoms with Gasteiger partial charge in [-0.25, -0.2) is 14.0 Å². The second-order valence-corrected chi connectivity index (χ2v) is 13.6. The third kappa shape index (κ3) is 7.01. The monoisotopic (exact) mass is 458 g/mol. The highest BCUT2D eigenvalue weighted by atomic mass is 79.9. The number of hydroxylamine groups is 1. The summed E-state index contributed by atoms with van der Waals surface area (Å²) < 4.78 is 18.4. The van der Waals surface area contributed by atoms with Crippen molar-refractivity contribution in [3.05, 3.63) is 34.2 Å². The number of halogens is 2. The van der Waals surface area contributed by atoms with E-state index in [4.69, 9.17) is 4.63 Å². The molecule has 1 aromatic carbocycles. The summed E-state index contributed by atoms with van der Waals surface area (Å²) in [5.41, 5.74) is 2.62. The van der Waals surface area contributed by atoms with Gasteiger partial charge in [-0.3, -0.25) is 10.7 Å². The molecule has 8 nitrogen and oxygen atoms in total. The summed E-state index contributed by atoms with van der Waals surface area (Å²) in [7, 11) is -1.04. The summed E-state index contributed by atoms with van der Waals surface area (Å²) in [6, 6.07) is 5.43. The lowest BCUT2D eigenvalue weighted by molar-refractivity contribution is 0.234. The summed E-state index contributed by atoms with van der Waals surface area (Å²) in [6.45, 7) is 9.34. The maximum absolute atomic E-state index is 13.3. The number of aliphatic imine (C=N–C) groups is 1. The lowest BCUT2D eigenvalue weighted by atomic mass is 10.3. The van der Waals surface area contributed by atoms with Crippen LogP contribution < -0.4 is 16.1 Å². The van der Waals surface area contributed by atoms with Gasteiger partial charge in [0.25, 0.3) is 0 Å². The Morgan fingerprint density at radius 3 is 2.70 bits per heavy atom. The van der Waals surface area contributed by atoms with Gasteiger partial charge in [-0.1, -0.05) is 19.6 Å². The molecule has 1 heterocycles. The maximum atomic E-state index is 13.3. The van der Waals surface area contributed by atoms with Crippen LogP contribution in [0.2, 0.25) is 25.7 Å². The van der Waals surface area contributed by atoms with Gasteiger partial charge in [0, 0.05) is 21.2 Å². The van der Waals surface area contributed by atoms with Crippen LogP contribution >= 0.6 is 15.9 Å². The molecule has 1 aromatic heterocycles. The lowest BCUT2D eigenvalue weighted by Crippen LogP contribution is -2.30. The van der Waals surface area contributed by atoms with Crippen molar-refractivity contribution in [3.8, 4) is 0 Å². The first-order chi connectivity index (χ1) is 12.8. The highest BCUT2D eigenvalue weighted by Gasteiger charge is 2.16. The van der Waals surface area contributed by atoms with Gasteiger partial charge in [-0.05, 0) is 57.0 Å². The summed E-state index contributed by atoms with van der Waals surface area (Å²) in [5.74, 6) is -0.0213. The van der Waals surface area contributed by atoms with Crippen molar-refractivity contribution in [2.75, 3.05) is 25.0 Å². The van der Waals surface area contributed by atoms with Gasteiger partial charge in [-0.2, -0.15) is 0 Å². The van der Waals surface area contributed by atoms with Gasteiger partial charge < -0.3 is 10.6 Å². The Balaban J connectivity index is 1.97. The first-order valence-electron chi connectivity index (χ1n) is 8.51. The first kappa shape index (κ1) is 21.5. The molecule has 0 saturated carbocycles. The molecule has 27 heavy (non-hydrogen) atoms. The van der Waals surface area contributed by atoms with Crippen molar-refractivity contribution >= 4 is 41.3 Å². The molecule has 0 fully saturated rings. The third-order valence-electron chi connectivity index (χ3n) is 3.61. The highest BCUT2D eigenvalue weighted by molar-refractivity contribution is 9.10. The van der Waals surface area contributed by atoms with Crippen molar-refractivity contribution in [2.24, 2.45) is 4.99 Å². The summed E-state index contributed by atoms with van der Waals surface area (Å²) in [6.07, 6.45) is 0. The fourth-order valence-electron chi connectivity index (χ4n) is 2.13. The van der Waals surface area contributed by atoms with Gasteiger partial charge in [-0.15, -0.1) is 0 Å². The smallest absolute Gasteiger partial charge is 0.202 e. The van der Waals surface area contributed by atoms with Crippen LogP contribution in [0.4, 0.5) is 15.9 Å². The maximum Gasteiger partial charge on any atom is 0.202 e. The molecule has 4 N–H and O–H groups in total. The molecule has 2 aromatic rings. The Hall–Kier alpha value is -1.82. The molecule has 0 radical (unpaired) electrons. The van der Waals surface area contributed by atoms with E-state index in [2.05, 4.69) is 61.5 Å². The zero-order chi connectivity index (χ0) is 19.9. The van der Waals surface area contributed by atoms with Crippen LogP contribution in [0.15, 0.2) is 32.3 Å². The molecule has 11 heteroatoms. The Morgan fingerprint density at radius 2 is 2.04 bits per heavy atom. The van der Waals surface area contributed by atoms with E-state index < -0.39 is 13.9 Å². The van der Waals surface area contributed by atoms with Crippen molar-refractivity contribution in [3.63, 3.8) is 0 Å². The van der Waals surface area contributed by atoms with Crippen LogP contribution in [0.5, 0.6) is 0 Å². The van der Waals surface area contributed by atoms with E-state index in [-0.39, 0.29) is 16.0 Å². The van der Waals surface area contributed by atoms with Gasteiger partial charge in [0.15, 0.2) is 11.5 Å². The van der Waals surface area contributed by atoms with Crippen LogP contribution in [0, 0.1) is 5.82 Å². The number of rotatable bonds is 9. The van der Waals surface area contributed by atoms with Gasteiger partial charge in [0.1, 0.15) is 5.82 Å². The van der Waals surface area contributed by atoms with Crippen molar-refractivity contribution in [1.82, 2.24) is 21.1 Å². The molecule has 0 aliphatic rings. The first-order valence-corrected chi connectivity index (χ1v) is 13.0. The Labute approximate surface area is 166 Å². The summed E-state index contributed by atoms with van der Waals surface area (Å²) >= 11 is 3.10. The van der Waals surface area contributed by atoms with E-state index >= 15 is 0 Å². The van der Waals surface area contributed by atoms with Crippen LogP contribution in [0.1, 0.15) is 5.69 Å². The zero-order valence-corrected chi connectivity index (χ0v) is 18.1. The number of aromatic nitrogens is 2. The molecule has 0 amide bonds. The minimum absolute atomic E-state index is 0.0314. The second-order valence-electron chi connectivity index (χ2n) is 7.12. The normalized spacial score (nSPS) is 12.3. The fourth-order valence-corrected chi connectivity index (χ4v) is 3.43. The molecule has 2 rings (SSSR count). The molecule has 0 atom stereocenters. The van der Waals surface area contributed by atoms with Gasteiger partial charge >= 0.3 is 0 Å². The van der Waals surface area contributed by atoms with Crippen LogP contribution in [0.3, 0.4) is 0 Å². The number of benzene rings is 1. The average Bonchev–Trinajstić information content (AvgIpc) is 3.06. The van der Waals surface area contributed by atoms with Crippen LogP contribution in [-0.2, 0) is 0 Å². The third-order valence-corrected chi connectivity index (χ3v) is 5.97. The molecule has 0 unspecified atom stereocenters. The van der Waals surface area contributed by atoms with Crippen molar-refractivity contribution in [1.29, 1.82) is 0 Å². The largest absolute Gasteiger partial charge is 0.364 e. The lowest BCUT2D eigenvalue weighted by Gasteiger charge is -2.15. The van der Waals surface area contributed by atoms with E-state index in [0.29, 0.717) is 18.1 Å². The molecule has 0 bridgehead atoms. The van der Waals surface area contributed by atoms with Gasteiger partial charge in [0.05, 0.1) is 10.2 Å². The number of nitrogens with zero attached hydrogens (tertiary/aromatic N) is 3. The molecule has 0 spiro atoms. The molecule has 0 aliphatic heterocycles. The van der Waals surface area contributed by atoms with Crippen molar-refractivity contribution in [2.45, 2.75) is 25.7 Å². The van der Waals surface area contributed by atoms with Crippen LogP contribution in [0.25, 0.3) is 0 Å². The zero-order valence-electron chi connectivity index (χ0n) is 15.5. The molecule has 0 saturated heterocycles. The van der Waals surface area contributed by atoms with E-state index in [0.717, 1.165) is 13.1 Å². The SMILES string of the molecule is C[Si](C)(C)CCNCCNc1nonc1C(=Nc1ccc(F)c(Br)c1)NO. The summed E-state index contributed by atoms with van der Waals surface area (Å²) in [5, 5.41) is 23.4. The number of hydrogen-bond donors (Lipinski definition) is 4. The second kappa shape index (κ2) is 9.92. The van der Waals surface area contributed by atoms with Gasteiger partial charge in [0.2, 0.25) is 5.82 Å². The number of anilines is 1. The van der Waals surface area contributed by atoms with Crippen molar-refractivity contribution < 1.29 is 14.2 Å². The molecular weight excluding hydrogens is 435 g/mol. The van der Waals surface area contributed by atoms with Crippen LogP contribution in [-0.4, -0.2) is 49.1 Å². The summed E-state index contributed by atoms with van der Waals surface area (Å²) in [4.78, 5) is 4.21. The molecule has 148 valence electrons. The molecular formula is C16H24BrFN6O2Si.